The van der Waals surface area contributed by atoms with Crippen LogP contribution in [0.3, 0.4) is 0 Å². The van der Waals surface area contributed by atoms with E-state index in [9.17, 15) is 13.6 Å². The van der Waals surface area contributed by atoms with Gasteiger partial charge >= 0.3 is 0 Å². The smallest absolute Gasteiger partial charge is 0.262 e. The van der Waals surface area contributed by atoms with E-state index in [0.29, 0.717) is 12.5 Å². The van der Waals surface area contributed by atoms with Gasteiger partial charge in [0.1, 0.15) is 0 Å². The lowest BCUT2D eigenvalue weighted by atomic mass is 9.83. The molecule has 19 heavy (non-hydrogen) atoms. The first-order chi connectivity index (χ1) is 8.46. The van der Waals surface area contributed by atoms with Crippen LogP contribution in [-0.4, -0.2) is 31.0 Å². The van der Waals surface area contributed by atoms with Crippen LogP contribution in [0.25, 0.3) is 0 Å². The van der Waals surface area contributed by atoms with Gasteiger partial charge in [-0.2, -0.15) is 0 Å². The monoisotopic (exact) mass is 296 g/mol. The van der Waals surface area contributed by atoms with Gasteiger partial charge in [-0.25, -0.2) is 8.78 Å². The van der Waals surface area contributed by atoms with E-state index in [2.05, 4.69) is 17.6 Å². The van der Waals surface area contributed by atoms with E-state index in [1.807, 2.05) is 0 Å². The Balaban J connectivity index is 0.00000180. The van der Waals surface area contributed by atoms with E-state index >= 15 is 0 Å². The molecule has 1 atom stereocenters. The van der Waals surface area contributed by atoms with Crippen LogP contribution in [-0.2, 0) is 4.79 Å². The van der Waals surface area contributed by atoms with Crippen molar-refractivity contribution >= 4 is 18.3 Å². The van der Waals surface area contributed by atoms with E-state index in [-0.39, 0.29) is 31.3 Å². The van der Waals surface area contributed by atoms with Gasteiger partial charge in [0.05, 0.1) is 12.6 Å². The molecule has 0 aromatic rings. The minimum absolute atomic E-state index is 0. The molecule has 6 heteroatoms. The van der Waals surface area contributed by atoms with Gasteiger partial charge in [-0.15, -0.1) is 12.4 Å². The average molecular weight is 297 g/mol. The van der Waals surface area contributed by atoms with Crippen molar-refractivity contribution < 1.29 is 13.6 Å². The van der Waals surface area contributed by atoms with Gasteiger partial charge in [0.25, 0.3) is 5.92 Å². The maximum absolute atomic E-state index is 13.0. The van der Waals surface area contributed by atoms with Crippen LogP contribution >= 0.6 is 12.4 Å². The molecule has 2 fully saturated rings. The summed E-state index contributed by atoms with van der Waals surface area (Å²) in [6.07, 6.45) is 4.31. The lowest BCUT2D eigenvalue weighted by molar-refractivity contribution is -0.123. The number of halogens is 3. The molecule has 0 bridgehead atoms. The van der Waals surface area contributed by atoms with Crippen LogP contribution in [0, 0.1) is 11.8 Å². The Hall–Kier alpha value is -0.420. The van der Waals surface area contributed by atoms with Crippen LogP contribution in [0.15, 0.2) is 0 Å². The fourth-order valence-corrected chi connectivity index (χ4v) is 2.80. The summed E-state index contributed by atoms with van der Waals surface area (Å²) < 4.78 is 25.9. The minimum Gasteiger partial charge on any atom is -0.354 e. The van der Waals surface area contributed by atoms with Gasteiger partial charge in [-0.05, 0) is 24.7 Å². The lowest BCUT2D eigenvalue weighted by Gasteiger charge is -2.26. The molecular formula is C13H23ClF2N2O. The van der Waals surface area contributed by atoms with Gasteiger partial charge in [0.15, 0.2) is 0 Å². The van der Waals surface area contributed by atoms with E-state index in [1.54, 1.807) is 0 Å². The van der Waals surface area contributed by atoms with Gasteiger partial charge in [-0.3, -0.25) is 10.1 Å². The van der Waals surface area contributed by atoms with Crippen molar-refractivity contribution in [2.24, 2.45) is 11.8 Å². The number of hydrogen-bond acceptors (Lipinski definition) is 2. The van der Waals surface area contributed by atoms with Gasteiger partial charge < -0.3 is 5.32 Å². The summed E-state index contributed by atoms with van der Waals surface area (Å²) in [4.78, 5) is 11.7. The van der Waals surface area contributed by atoms with Crippen molar-refractivity contribution in [2.45, 2.75) is 51.0 Å². The van der Waals surface area contributed by atoms with Crippen molar-refractivity contribution in [1.82, 2.24) is 10.6 Å². The SMILES string of the molecule is CC1CCC(CNC(=O)C2CC(F)(F)CN2)CC1.Cl. The molecule has 1 saturated heterocycles. The first-order valence-corrected chi connectivity index (χ1v) is 6.85. The Labute approximate surface area is 119 Å². The molecule has 2 aliphatic rings. The summed E-state index contributed by atoms with van der Waals surface area (Å²) in [5, 5.41) is 5.39. The summed E-state index contributed by atoms with van der Waals surface area (Å²) in [7, 11) is 0. The molecule has 1 unspecified atom stereocenters. The molecule has 2 rings (SSSR count). The highest BCUT2D eigenvalue weighted by Gasteiger charge is 2.42. The molecule has 1 saturated carbocycles. The highest BCUT2D eigenvalue weighted by atomic mass is 35.5. The molecule has 3 nitrogen and oxygen atoms in total. The number of amides is 1. The second-order valence-electron chi connectivity index (χ2n) is 5.86. The number of alkyl halides is 2. The van der Waals surface area contributed by atoms with E-state index in [0.717, 1.165) is 18.8 Å². The maximum Gasteiger partial charge on any atom is 0.262 e. The van der Waals surface area contributed by atoms with E-state index in [4.69, 9.17) is 0 Å². The minimum atomic E-state index is -2.73. The Morgan fingerprint density at radius 3 is 2.47 bits per heavy atom. The standard InChI is InChI=1S/C13H22F2N2O.ClH/c1-9-2-4-10(5-3-9)7-16-12(18)11-6-13(14,15)8-17-11;/h9-11,17H,2-8H2,1H3,(H,16,18);1H. The normalized spacial score (nSPS) is 33.5. The van der Waals surface area contributed by atoms with Gasteiger partial charge in [0.2, 0.25) is 5.91 Å². The molecule has 112 valence electrons. The Morgan fingerprint density at radius 2 is 1.95 bits per heavy atom. The van der Waals surface area contributed by atoms with Crippen molar-refractivity contribution in [2.75, 3.05) is 13.1 Å². The van der Waals surface area contributed by atoms with Crippen LogP contribution in [0.1, 0.15) is 39.0 Å². The lowest BCUT2D eigenvalue weighted by Crippen LogP contribution is -2.42. The Kier molecular flexibility index (Phi) is 5.99. The number of rotatable bonds is 3. The zero-order valence-corrected chi connectivity index (χ0v) is 12.1. The van der Waals surface area contributed by atoms with E-state index in [1.165, 1.54) is 12.8 Å². The molecule has 2 N–H and O–H groups in total. The van der Waals surface area contributed by atoms with Gasteiger partial charge in [0, 0.05) is 13.0 Å². The third-order valence-electron chi connectivity index (χ3n) is 4.13. The second-order valence-corrected chi connectivity index (χ2v) is 5.86. The zero-order valence-electron chi connectivity index (χ0n) is 11.3. The molecule has 1 aliphatic carbocycles. The number of carbonyl (C=O) groups is 1. The molecule has 1 amide bonds. The van der Waals surface area contributed by atoms with Crippen LogP contribution in [0.5, 0.6) is 0 Å². The highest BCUT2D eigenvalue weighted by Crippen LogP contribution is 2.28. The molecular weight excluding hydrogens is 274 g/mol. The molecule has 0 spiro atoms. The van der Waals surface area contributed by atoms with Crippen molar-refractivity contribution in [3.05, 3.63) is 0 Å². The Bertz CT molecular complexity index is 307. The first kappa shape index (κ1) is 16.6. The van der Waals surface area contributed by atoms with Crippen molar-refractivity contribution in [3.8, 4) is 0 Å². The summed E-state index contributed by atoms with van der Waals surface area (Å²) in [5.41, 5.74) is 0. The fourth-order valence-electron chi connectivity index (χ4n) is 2.80. The van der Waals surface area contributed by atoms with Crippen LogP contribution in [0.2, 0.25) is 0 Å². The molecule has 0 aromatic carbocycles. The third kappa shape index (κ3) is 4.88. The van der Waals surface area contributed by atoms with Crippen LogP contribution in [0.4, 0.5) is 8.78 Å². The molecule has 1 aliphatic heterocycles. The predicted octanol–water partition coefficient (Wildman–Crippen LogP) is 2.35. The number of hydrogen-bond donors (Lipinski definition) is 2. The number of carbonyl (C=O) groups excluding carboxylic acids is 1. The summed E-state index contributed by atoms with van der Waals surface area (Å²) in [6, 6.07) is -0.720. The summed E-state index contributed by atoms with van der Waals surface area (Å²) in [6.45, 7) is 2.50. The van der Waals surface area contributed by atoms with Gasteiger partial charge in [-0.1, -0.05) is 19.8 Å². The second kappa shape index (κ2) is 6.84. The zero-order chi connectivity index (χ0) is 13.2. The first-order valence-electron chi connectivity index (χ1n) is 6.85. The summed E-state index contributed by atoms with van der Waals surface area (Å²) in [5.74, 6) is -1.70. The third-order valence-corrected chi connectivity index (χ3v) is 4.13. The fraction of sp³-hybridized carbons (Fsp3) is 0.923. The highest BCUT2D eigenvalue weighted by molar-refractivity contribution is 5.85. The molecule has 0 aromatic heterocycles. The maximum atomic E-state index is 13.0. The predicted molar refractivity (Wildman–Crippen MR) is 72.7 cm³/mol. The largest absolute Gasteiger partial charge is 0.354 e. The quantitative estimate of drug-likeness (QED) is 0.839. The molecule has 1 heterocycles. The van der Waals surface area contributed by atoms with E-state index < -0.39 is 12.0 Å². The van der Waals surface area contributed by atoms with Crippen molar-refractivity contribution in [1.29, 1.82) is 0 Å². The summed E-state index contributed by atoms with van der Waals surface area (Å²) >= 11 is 0. The number of nitrogens with one attached hydrogen (secondary N) is 2. The topological polar surface area (TPSA) is 41.1 Å². The molecule has 0 radical (unpaired) electrons. The average Bonchev–Trinajstić information content (AvgIpc) is 2.69. The van der Waals surface area contributed by atoms with Crippen molar-refractivity contribution in [3.63, 3.8) is 0 Å². The van der Waals surface area contributed by atoms with Crippen LogP contribution < -0.4 is 10.6 Å². The Morgan fingerprint density at radius 1 is 1.32 bits per heavy atom.